The molecule has 1 amide bonds. The first-order chi connectivity index (χ1) is 11.5. The van der Waals surface area contributed by atoms with Crippen LogP contribution in [0, 0.1) is 0 Å². The van der Waals surface area contributed by atoms with Gasteiger partial charge in [0, 0.05) is 24.4 Å². The predicted molar refractivity (Wildman–Crippen MR) is 92.9 cm³/mol. The highest BCUT2D eigenvalue weighted by molar-refractivity contribution is 7.94. The fourth-order valence-corrected chi connectivity index (χ4v) is 4.48. The van der Waals surface area contributed by atoms with Crippen molar-refractivity contribution in [3.63, 3.8) is 0 Å². The Morgan fingerprint density at radius 3 is 2.67 bits per heavy atom. The molecule has 0 bridgehead atoms. The van der Waals surface area contributed by atoms with Crippen LogP contribution in [-0.4, -0.2) is 33.6 Å². The smallest absolute Gasteiger partial charge is 0.271 e. The number of sulfonamides is 1. The van der Waals surface area contributed by atoms with E-state index in [9.17, 15) is 13.2 Å². The molecule has 1 fully saturated rings. The third kappa shape index (κ3) is 4.14. The van der Waals surface area contributed by atoms with Crippen LogP contribution < -0.4 is 10.0 Å². The molecular formula is C16H18N2O4S2. The lowest BCUT2D eigenvalue weighted by molar-refractivity contribution is 0.0858. The topological polar surface area (TPSA) is 84.5 Å². The number of nitrogens with one attached hydrogen (secondary N) is 2. The summed E-state index contributed by atoms with van der Waals surface area (Å²) in [6.07, 6.45) is 2.08. The van der Waals surface area contributed by atoms with Crippen molar-refractivity contribution in [3.05, 3.63) is 47.3 Å². The molecule has 24 heavy (non-hydrogen) atoms. The monoisotopic (exact) mass is 366 g/mol. The van der Waals surface area contributed by atoms with Crippen LogP contribution in [0.3, 0.4) is 0 Å². The van der Waals surface area contributed by atoms with Crippen LogP contribution in [0.1, 0.15) is 23.2 Å². The molecule has 3 rings (SSSR count). The number of thiophene rings is 1. The molecule has 2 aromatic rings. The average Bonchev–Trinajstić information content (AvgIpc) is 3.26. The van der Waals surface area contributed by atoms with Crippen LogP contribution >= 0.6 is 11.3 Å². The molecule has 1 aliphatic heterocycles. The van der Waals surface area contributed by atoms with E-state index in [1.54, 1.807) is 41.8 Å². The van der Waals surface area contributed by atoms with Crippen molar-refractivity contribution in [1.82, 2.24) is 5.32 Å². The summed E-state index contributed by atoms with van der Waals surface area (Å²) in [6, 6.07) is 9.56. The maximum atomic E-state index is 12.1. The first-order valence-electron chi connectivity index (χ1n) is 7.61. The van der Waals surface area contributed by atoms with Gasteiger partial charge in [0.25, 0.3) is 15.9 Å². The summed E-state index contributed by atoms with van der Waals surface area (Å²) < 4.78 is 32.5. The SMILES string of the molecule is O=C(NC[C@H]1CCCO1)c1ccc(NS(=O)(=O)c2cccs2)cc1. The van der Waals surface area contributed by atoms with Gasteiger partial charge in [0.05, 0.1) is 6.10 Å². The Kier molecular flexibility index (Phi) is 5.17. The van der Waals surface area contributed by atoms with E-state index < -0.39 is 10.0 Å². The Morgan fingerprint density at radius 2 is 2.04 bits per heavy atom. The number of rotatable bonds is 6. The maximum absolute atomic E-state index is 12.1. The fourth-order valence-electron chi connectivity index (χ4n) is 2.43. The summed E-state index contributed by atoms with van der Waals surface area (Å²) in [5, 5.41) is 4.53. The minimum atomic E-state index is -3.57. The van der Waals surface area contributed by atoms with Gasteiger partial charge in [-0.2, -0.15) is 0 Å². The predicted octanol–water partition coefficient (Wildman–Crippen LogP) is 2.46. The first kappa shape index (κ1) is 16.9. The Balaban J connectivity index is 1.59. The normalized spacial score (nSPS) is 17.6. The molecule has 1 aromatic carbocycles. The zero-order valence-electron chi connectivity index (χ0n) is 12.9. The molecule has 128 valence electrons. The Morgan fingerprint density at radius 1 is 1.25 bits per heavy atom. The van der Waals surface area contributed by atoms with Gasteiger partial charge in [-0.1, -0.05) is 6.07 Å². The lowest BCUT2D eigenvalue weighted by Crippen LogP contribution is -2.31. The lowest BCUT2D eigenvalue weighted by Gasteiger charge is -2.11. The maximum Gasteiger partial charge on any atom is 0.271 e. The molecule has 1 aromatic heterocycles. The van der Waals surface area contributed by atoms with E-state index >= 15 is 0 Å². The van der Waals surface area contributed by atoms with Crippen molar-refractivity contribution in [2.75, 3.05) is 17.9 Å². The minimum absolute atomic E-state index is 0.0887. The van der Waals surface area contributed by atoms with Gasteiger partial charge < -0.3 is 10.1 Å². The van der Waals surface area contributed by atoms with Gasteiger partial charge in [0.2, 0.25) is 0 Å². The number of benzene rings is 1. The molecule has 1 atom stereocenters. The van der Waals surface area contributed by atoms with E-state index in [-0.39, 0.29) is 16.2 Å². The van der Waals surface area contributed by atoms with Crippen molar-refractivity contribution in [2.45, 2.75) is 23.2 Å². The molecule has 0 saturated carbocycles. The van der Waals surface area contributed by atoms with Gasteiger partial charge in [0.15, 0.2) is 0 Å². The van der Waals surface area contributed by atoms with Crippen LogP contribution in [0.15, 0.2) is 46.0 Å². The first-order valence-corrected chi connectivity index (χ1v) is 9.97. The van der Waals surface area contributed by atoms with Crippen LogP contribution in [0.4, 0.5) is 5.69 Å². The van der Waals surface area contributed by atoms with Crippen LogP contribution in [0.2, 0.25) is 0 Å². The molecule has 2 N–H and O–H groups in total. The molecule has 1 saturated heterocycles. The molecule has 0 spiro atoms. The van der Waals surface area contributed by atoms with E-state index in [1.807, 2.05) is 0 Å². The summed E-state index contributed by atoms with van der Waals surface area (Å²) in [4.78, 5) is 12.1. The van der Waals surface area contributed by atoms with Gasteiger partial charge in [-0.05, 0) is 48.6 Å². The second-order valence-electron chi connectivity index (χ2n) is 5.46. The lowest BCUT2D eigenvalue weighted by atomic mass is 10.2. The molecule has 8 heteroatoms. The van der Waals surface area contributed by atoms with E-state index in [0.717, 1.165) is 30.8 Å². The number of carbonyl (C=O) groups excluding carboxylic acids is 1. The van der Waals surface area contributed by atoms with Gasteiger partial charge in [0.1, 0.15) is 4.21 Å². The Bertz CT molecular complexity index is 780. The van der Waals surface area contributed by atoms with E-state index in [1.165, 1.54) is 0 Å². The molecule has 0 radical (unpaired) electrons. The summed E-state index contributed by atoms with van der Waals surface area (Å²) in [5.74, 6) is -0.196. The molecular weight excluding hydrogens is 348 g/mol. The second kappa shape index (κ2) is 7.33. The number of carbonyl (C=O) groups is 1. The van der Waals surface area contributed by atoms with Gasteiger partial charge in [-0.15, -0.1) is 11.3 Å². The third-order valence-electron chi connectivity index (χ3n) is 3.67. The standard InChI is InChI=1S/C16H18N2O4S2/c19-16(17-11-14-3-1-9-22-14)12-5-7-13(8-6-12)18-24(20,21)15-4-2-10-23-15/h2,4-8,10,14,18H,1,3,9,11H2,(H,17,19)/t14-/m1/s1. The number of amides is 1. The summed E-state index contributed by atoms with van der Waals surface area (Å²) in [7, 11) is -3.57. The summed E-state index contributed by atoms with van der Waals surface area (Å²) >= 11 is 1.15. The van der Waals surface area contributed by atoms with Gasteiger partial charge in [-0.25, -0.2) is 8.42 Å². The van der Waals surface area contributed by atoms with Gasteiger partial charge in [-0.3, -0.25) is 9.52 Å². The van der Waals surface area contributed by atoms with Crippen LogP contribution in [0.25, 0.3) is 0 Å². The molecule has 2 heterocycles. The summed E-state index contributed by atoms with van der Waals surface area (Å²) in [5.41, 5.74) is 0.895. The van der Waals surface area contributed by atoms with E-state index in [0.29, 0.717) is 17.8 Å². The fraction of sp³-hybridized carbons (Fsp3) is 0.312. The number of ether oxygens (including phenoxy) is 1. The van der Waals surface area contributed by atoms with Crippen molar-refractivity contribution in [2.24, 2.45) is 0 Å². The Hall–Kier alpha value is -1.90. The van der Waals surface area contributed by atoms with Crippen molar-refractivity contribution in [1.29, 1.82) is 0 Å². The zero-order valence-corrected chi connectivity index (χ0v) is 14.5. The minimum Gasteiger partial charge on any atom is -0.376 e. The van der Waals surface area contributed by atoms with Crippen molar-refractivity contribution >= 4 is 33.0 Å². The largest absolute Gasteiger partial charge is 0.376 e. The number of hydrogen-bond acceptors (Lipinski definition) is 5. The van der Waals surface area contributed by atoms with E-state index in [2.05, 4.69) is 10.0 Å². The zero-order chi connectivity index (χ0) is 17.0. The molecule has 0 aliphatic carbocycles. The highest BCUT2D eigenvalue weighted by atomic mass is 32.2. The molecule has 6 nitrogen and oxygen atoms in total. The molecule has 1 aliphatic rings. The second-order valence-corrected chi connectivity index (χ2v) is 8.32. The third-order valence-corrected chi connectivity index (χ3v) is 6.45. The van der Waals surface area contributed by atoms with Gasteiger partial charge >= 0.3 is 0 Å². The number of anilines is 1. The summed E-state index contributed by atoms with van der Waals surface area (Å²) in [6.45, 7) is 1.24. The highest BCUT2D eigenvalue weighted by Crippen LogP contribution is 2.20. The quantitative estimate of drug-likeness (QED) is 0.822. The highest BCUT2D eigenvalue weighted by Gasteiger charge is 2.17. The van der Waals surface area contributed by atoms with Crippen LogP contribution in [-0.2, 0) is 14.8 Å². The van der Waals surface area contributed by atoms with Crippen molar-refractivity contribution in [3.8, 4) is 0 Å². The van der Waals surface area contributed by atoms with Crippen LogP contribution in [0.5, 0.6) is 0 Å². The number of hydrogen-bond donors (Lipinski definition) is 2. The van der Waals surface area contributed by atoms with Crippen molar-refractivity contribution < 1.29 is 17.9 Å². The Labute approximate surface area is 144 Å². The van der Waals surface area contributed by atoms with E-state index in [4.69, 9.17) is 4.74 Å². The molecule has 0 unspecified atom stereocenters. The average molecular weight is 366 g/mol.